The maximum atomic E-state index is 5.94. The van der Waals surface area contributed by atoms with Gasteiger partial charge in [0, 0.05) is 0 Å². The fourth-order valence-corrected chi connectivity index (χ4v) is 2.83. The summed E-state index contributed by atoms with van der Waals surface area (Å²) in [4.78, 5) is 0. The third-order valence-electron chi connectivity index (χ3n) is 3.42. The molecule has 0 aliphatic carbocycles. The number of fused-ring (bicyclic) bond motifs is 3. The summed E-state index contributed by atoms with van der Waals surface area (Å²) in [6.07, 6.45) is 0.410. The topological polar surface area (TPSA) is 46.2 Å². The number of ether oxygens (including phenoxy) is 5. The van der Waals surface area contributed by atoms with Crippen LogP contribution < -0.4 is 0 Å². The van der Waals surface area contributed by atoms with Crippen LogP contribution in [0.4, 0.5) is 0 Å². The molecule has 0 bridgehead atoms. The smallest absolute Gasteiger partial charge is 0.190 e. The zero-order valence-corrected chi connectivity index (χ0v) is 11.2. The summed E-state index contributed by atoms with van der Waals surface area (Å²) in [6, 6.07) is 0. The van der Waals surface area contributed by atoms with E-state index in [4.69, 9.17) is 23.7 Å². The van der Waals surface area contributed by atoms with Crippen molar-refractivity contribution in [1.82, 2.24) is 0 Å². The molecule has 0 amide bonds. The Balaban J connectivity index is 1.89. The summed E-state index contributed by atoms with van der Waals surface area (Å²) >= 11 is 0. The predicted octanol–water partition coefficient (Wildman–Crippen LogP) is 1.57. The largest absolute Gasteiger partial charge is 0.342 e. The Kier molecular flexibility index (Phi) is 2.63. The Morgan fingerprint density at radius 2 is 1.39 bits per heavy atom. The Labute approximate surface area is 107 Å². The highest BCUT2D eigenvalue weighted by atomic mass is 16.9. The molecular weight excluding hydrogens is 236 g/mol. The van der Waals surface area contributed by atoms with Crippen LogP contribution in [0.2, 0.25) is 0 Å². The lowest BCUT2D eigenvalue weighted by molar-refractivity contribution is -0.222. The molecule has 0 N–H and O–H groups in total. The molecule has 0 aromatic rings. The Hall–Kier alpha value is -0.460. The summed E-state index contributed by atoms with van der Waals surface area (Å²) in [5, 5.41) is 0. The van der Waals surface area contributed by atoms with Gasteiger partial charge in [0.1, 0.15) is 24.4 Å². The summed E-state index contributed by atoms with van der Waals surface area (Å²) < 4.78 is 29.2. The Bertz CT molecular complexity index is 364. The first-order chi connectivity index (χ1) is 8.31. The first kappa shape index (κ1) is 12.6. The van der Waals surface area contributed by atoms with Gasteiger partial charge in [-0.3, -0.25) is 0 Å². The van der Waals surface area contributed by atoms with Crippen LogP contribution in [0.3, 0.4) is 0 Å². The molecule has 3 aliphatic heterocycles. The molecule has 0 aromatic carbocycles. The van der Waals surface area contributed by atoms with E-state index >= 15 is 0 Å². The molecule has 3 heterocycles. The van der Waals surface area contributed by atoms with Crippen LogP contribution in [0, 0.1) is 0 Å². The quantitative estimate of drug-likeness (QED) is 0.666. The number of hydrogen-bond acceptors (Lipinski definition) is 5. The van der Waals surface area contributed by atoms with E-state index in [1.165, 1.54) is 0 Å². The van der Waals surface area contributed by atoms with Gasteiger partial charge in [-0.05, 0) is 27.7 Å². The maximum absolute atomic E-state index is 5.94. The van der Waals surface area contributed by atoms with Crippen LogP contribution in [0.5, 0.6) is 0 Å². The van der Waals surface area contributed by atoms with Crippen molar-refractivity contribution in [2.24, 2.45) is 0 Å². The van der Waals surface area contributed by atoms with E-state index in [1.807, 2.05) is 27.7 Å². The SMILES string of the molecule is C=CC1O[C@H]2OC(C)(C)O[C@H]2[C@@H]2OC(C)(C)O[C@H]12. The van der Waals surface area contributed by atoms with Crippen LogP contribution in [0.1, 0.15) is 27.7 Å². The third kappa shape index (κ3) is 1.90. The van der Waals surface area contributed by atoms with Crippen molar-refractivity contribution in [3.8, 4) is 0 Å². The van der Waals surface area contributed by atoms with Crippen LogP contribution in [0.15, 0.2) is 12.7 Å². The minimum atomic E-state index is -0.661. The van der Waals surface area contributed by atoms with E-state index < -0.39 is 17.9 Å². The molecule has 3 saturated heterocycles. The van der Waals surface area contributed by atoms with E-state index in [2.05, 4.69) is 6.58 Å². The van der Waals surface area contributed by atoms with Crippen molar-refractivity contribution in [1.29, 1.82) is 0 Å². The summed E-state index contributed by atoms with van der Waals surface area (Å²) in [5.74, 6) is -1.29. The van der Waals surface area contributed by atoms with Crippen LogP contribution in [-0.4, -0.2) is 42.3 Å². The lowest BCUT2D eigenvalue weighted by Gasteiger charge is -2.35. The second-order valence-electron chi connectivity index (χ2n) is 5.87. The molecule has 1 unspecified atom stereocenters. The zero-order chi connectivity index (χ0) is 13.1. The lowest BCUT2D eigenvalue weighted by atomic mass is 9.99. The Morgan fingerprint density at radius 3 is 2.06 bits per heavy atom. The first-order valence-electron chi connectivity index (χ1n) is 6.31. The van der Waals surface area contributed by atoms with Gasteiger partial charge in [0.2, 0.25) is 0 Å². The second-order valence-corrected chi connectivity index (χ2v) is 5.87. The normalized spacial score (nSPS) is 48.6. The molecule has 18 heavy (non-hydrogen) atoms. The average molecular weight is 256 g/mol. The number of rotatable bonds is 1. The highest BCUT2D eigenvalue weighted by Gasteiger charge is 2.60. The molecule has 3 rings (SSSR count). The van der Waals surface area contributed by atoms with Gasteiger partial charge in [0.25, 0.3) is 0 Å². The van der Waals surface area contributed by atoms with E-state index in [1.54, 1.807) is 6.08 Å². The standard InChI is InChI=1S/C13H20O5/c1-6-7-8-9(16-12(2,3)15-8)10-11(14-7)18-13(4,5)17-10/h6-11H,1H2,2-5H3/t7?,8-,9-,10+,11+/m1/s1. The molecule has 0 spiro atoms. The second kappa shape index (κ2) is 3.77. The Morgan fingerprint density at radius 1 is 0.833 bits per heavy atom. The molecule has 5 nitrogen and oxygen atoms in total. The fraction of sp³-hybridized carbons (Fsp3) is 0.846. The predicted molar refractivity (Wildman–Crippen MR) is 62.7 cm³/mol. The minimum absolute atomic E-state index is 0.191. The van der Waals surface area contributed by atoms with Crippen LogP contribution in [0.25, 0.3) is 0 Å². The summed E-state index contributed by atoms with van der Waals surface area (Å²) in [5.41, 5.74) is 0. The molecule has 5 atom stereocenters. The number of hydrogen-bond donors (Lipinski definition) is 0. The van der Waals surface area contributed by atoms with E-state index in [0.717, 1.165) is 0 Å². The van der Waals surface area contributed by atoms with Gasteiger partial charge in [0.05, 0.1) is 0 Å². The van der Waals surface area contributed by atoms with Crippen LogP contribution >= 0.6 is 0 Å². The van der Waals surface area contributed by atoms with Crippen molar-refractivity contribution in [2.75, 3.05) is 0 Å². The van der Waals surface area contributed by atoms with Gasteiger partial charge in [-0.1, -0.05) is 6.08 Å². The highest BCUT2D eigenvalue weighted by molar-refractivity contribution is 5.04. The molecule has 0 radical (unpaired) electrons. The van der Waals surface area contributed by atoms with Crippen molar-refractivity contribution in [3.63, 3.8) is 0 Å². The zero-order valence-electron chi connectivity index (χ0n) is 11.2. The fourth-order valence-electron chi connectivity index (χ4n) is 2.83. The van der Waals surface area contributed by atoms with E-state index in [-0.39, 0.29) is 24.4 Å². The van der Waals surface area contributed by atoms with Gasteiger partial charge >= 0.3 is 0 Å². The summed E-state index contributed by atoms with van der Waals surface area (Å²) in [7, 11) is 0. The molecule has 3 aliphatic rings. The molecule has 0 saturated carbocycles. The monoisotopic (exact) mass is 256 g/mol. The van der Waals surface area contributed by atoms with Crippen molar-refractivity contribution < 1.29 is 23.7 Å². The van der Waals surface area contributed by atoms with Crippen LogP contribution in [-0.2, 0) is 23.7 Å². The molecule has 0 aromatic heterocycles. The highest BCUT2D eigenvalue weighted by Crippen LogP contribution is 2.44. The van der Waals surface area contributed by atoms with Gasteiger partial charge in [0.15, 0.2) is 17.9 Å². The lowest BCUT2D eigenvalue weighted by Crippen LogP contribution is -2.54. The third-order valence-corrected chi connectivity index (χ3v) is 3.42. The van der Waals surface area contributed by atoms with Gasteiger partial charge < -0.3 is 23.7 Å². The molecular formula is C13H20O5. The van der Waals surface area contributed by atoms with Gasteiger partial charge in [-0.15, -0.1) is 6.58 Å². The van der Waals surface area contributed by atoms with Gasteiger partial charge in [-0.25, -0.2) is 0 Å². The van der Waals surface area contributed by atoms with E-state index in [0.29, 0.717) is 0 Å². The van der Waals surface area contributed by atoms with Gasteiger partial charge in [-0.2, -0.15) is 0 Å². The molecule has 102 valence electrons. The van der Waals surface area contributed by atoms with E-state index in [9.17, 15) is 0 Å². The van der Waals surface area contributed by atoms with Crippen molar-refractivity contribution in [2.45, 2.75) is 70.0 Å². The molecule has 5 heteroatoms. The molecule has 3 fully saturated rings. The summed E-state index contributed by atoms with van der Waals surface area (Å²) in [6.45, 7) is 11.3. The van der Waals surface area contributed by atoms with Crippen molar-refractivity contribution in [3.05, 3.63) is 12.7 Å². The minimum Gasteiger partial charge on any atom is -0.342 e. The maximum Gasteiger partial charge on any atom is 0.190 e. The van der Waals surface area contributed by atoms with Crippen molar-refractivity contribution >= 4 is 0 Å². The first-order valence-corrected chi connectivity index (χ1v) is 6.31. The average Bonchev–Trinajstić information content (AvgIpc) is 2.71.